The molecule has 0 bridgehead atoms. The van der Waals surface area contributed by atoms with Gasteiger partial charge in [0.15, 0.2) is 0 Å². The van der Waals surface area contributed by atoms with Crippen LogP contribution in [0.2, 0.25) is 0 Å². The highest BCUT2D eigenvalue weighted by Crippen LogP contribution is 2.27. The van der Waals surface area contributed by atoms with Gasteiger partial charge in [0, 0.05) is 15.5 Å². The molecule has 1 aromatic rings. The predicted octanol–water partition coefficient (Wildman–Crippen LogP) is 4.35. The van der Waals surface area contributed by atoms with E-state index in [1.807, 2.05) is 6.07 Å². The van der Waals surface area contributed by atoms with Gasteiger partial charge in [-0.25, -0.2) is 0 Å². The van der Waals surface area contributed by atoms with Gasteiger partial charge >= 0.3 is 0 Å². The lowest BCUT2D eigenvalue weighted by molar-refractivity contribution is 0.0710. The fourth-order valence-electron chi connectivity index (χ4n) is 1.21. The first-order valence-corrected chi connectivity index (χ1v) is 7.03. The van der Waals surface area contributed by atoms with Crippen molar-refractivity contribution in [2.24, 2.45) is 0 Å². The van der Waals surface area contributed by atoms with E-state index in [0.717, 1.165) is 21.9 Å². The highest BCUT2D eigenvalue weighted by Gasteiger charge is 2.12. The molecule has 0 saturated heterocycles. The Kier molecular flexibility index (Phi) is 6.05. The molecule has 14 heavy (non-hydrogen) atoms. The van der Waals surface area contributed by atoms with Gasteiger partial charge in [0.1, 0.15) is 0 Å². The van der Waals surface area contributed by atoms with Crippen molar-refractivity contribution in [3.63, 3.8) is 0 Å². The molecule has 1 rings (SSSR count). The molecule has 0 N–H and O–H groups in total. The summed E-state index contributed by atoms with van der Waals surface area (Å²) in [4.78, 5) is 0. The summed E-state index contributed by atoms with van der Waals surface area (Å²) < 4.78 is 7.89. The Bertz CT molecular complexity index is 278. The number of ether oxygens (including phenoxy) is 1. The Morgan fingerprint density at radius 1 is 1.43 bits per heavy atom. The van der Waals surface area contributed by atoms with E-state index in [-0.39, 0.29) is 6.10 Å². The molecule has 0 aromatic heterocycles. The monoisotopic (exact) mass is 368 g/mol. The number of hydrogen-bond donors (Lipinski definition) is 0. The van der Waals surface area contributed by atoms with Crippen LogP contribution >= 0.6 is 38.5 Å². The summed E-state index contributed by atoms with van der Waals surface area (Å²) in [6, 6.07) is 8.25. The van der Waals surface area contributed by atoms with E-state index in [4.69, 9.17) is 4.74 Å². The summed E-state index contributed by atoms with van der Waals surface area (Å²) in [5.74, 6) is 0. The molecule has 0 saturated carbocycles. The van der Waals surface area contributed by atoms with Gasteiger partial charge in [0.2, 0.25) is 0 Å². The molecule has 0 fully saturated rings. The zero-order valence-corrected chi connectivity index (χ0v) is 11.9. The molecule has 0 heterocycles. The van der Waals surface area contributed by atoms with Crippen molar-refractivity contribution in [2.75, 3.05) is 11.0 Å². The topological polar surface area (TPSA) is 9.23 Å². The molecule has 1 unspecified atom stereocenters. The smallest absolute Gasteiger partial charge is 0.0925 e. The van der Waals surface area contributed by atoms with Crippen LogP contribution in [0.25, 0.3) is 0 Å². The standard InChI is InChI=1S/C11H14BrIO/c1-2-7-14-11(8-13)9-5-3-4-6-10(9)12/h3-6,11H,2,7-8H2,1H3. The SMILES string of the molecule is CCCOC(CI)c1ccccc1Br. The van der Waals surface area contributed by atoms with E-state index in [1.165, 1.54) is 5.56 Å². The van der Waals surface area contributed by atoms with Crippen LogP contribution in [0.3, 0.4) is 0 Å². The fraction of sp³-hybridized carbons (Fsp3) is 0.455. The summed E-state index contributed by atoms with van der Waals surface area (Å²) in [5.41, 5.74) is 1.25. The number of benzene rings is 1. The van der Waals surface area contributed by atoms with Crippen molar-refractivity contribution in [1.29, 1.82) is 0 Å². The van der Waals surface area contributed by atoms with Gasteiger partial charge < -0.3 is 4.74 Å². The average Bonchev–Trinajstić information content (AvgIpc) is 2.21. The van der Waals surface area contributed by atoms with Crippen LogP contribution in [0, 0.1) is 0 Å². The van der Waals surface area contributed by atoms with Gasteiger partial charge in [-0.15, -0.1) is 0 Å². The molecule has 0 amide bonds. The molecule has 0 radical (unpaired) electrons. The maximum atomic E-state index is 5.77. The number of hydrogen-bond acceptors (Lipinski definition) is 1. The molecule has 0 spiro atoms. The van der Waals surface area contributed by atoms with Crippen LogP contribution in [0.4, 0.5) is 0 Å². The Balaban J connectivity index is 2.73. The van der Waals surface area contributed by atoms with Crippen molar-refractivity contribution in [1.82, 2.24) is 0 Å². The van der Waals surface area contributed by atoms with E-state index in [0.29, 0.717) is 0 Å². The van der Waals surface area contributed by atoms with Crippen LogP contribution in [-0.4, -0.2) is 11.0 Å². The number of alkyl halides is 1. The van der Waals surface area contributed by atoms with Gasteiger partial charge in [-0.05, 0) is 18.1 Å². The zero-order valence-electron chi connectivity index (χ0n) is 8.17. The van der Waals surface area contributed by atoms with Crippen LogP contribution in [0.5, 0.6) is 0 Å². The second-order valence-corrected chi connectivity index (χ2v) is 4.77. The first-order valence-electron chi connectivity index (χ1n) is 4.71. The van der Waals surface area contributed by atoms with Crippen molar-refractivity contribution in [2.45, 2.75) is 19.4 Å². The van der Waals surface area contributed by atoms with Crippen molar-refractivity contribution < 1.29 is 4.74 Å². The number of rotatable bonds is 5. The van der Waals surface area contributed by atoms with Crippen molar-refractivity contribution >= 4 is 38.5 Å². The lowest BCUT2D eigenvalue weighted by atomic mass is 10.1. The average molecular weight is 369 g/mol. The summed E-state index contributed by atoms with van der Waals surface area (Å²) in [6.07, 6.45) is 1.28. The molecular formula is C11H14BrIO. The minimum Gasteiger partial charge on any atom is -0.373 e. The predicted molar refractivity (Wildman–Crippen MR) is 72.0 cm³/mol. The highest BCUT2D eigenvalue weighted by molar-refractivity contribution is 14.1. The fourth-order valence-corrected chi connectivity index (χ4v) is 2.48. The minimum absolute atomic E-state index is 0.214. The summed E-state index contributed by atoms with van der Waals surface area (Å²) >= 11 is 5.91. The largest absolute Gasteiger partial charge is 0.373 e. The van der Waals surface area contributed by atoms with Crippen LogP contribution < -0.4 is 0 Å². The van der Waals surface area contributed by atoms with Crippen molar-refractivity contribution in [3.05, 3.63) is 34.3 Å². The Labute approximate surface area is 107 Å². The van der Waals surface area contributed by atoms with Crippen LogP contribution in [0.1, 0.15) is 25.0 Å². The van der Waals surface area contributed by atoms with Crippen LogP contribution in [-0.2, 0) is 4.74 Å². The zero-order chi connectivity index (χ0) is 10.4. The van der Waals surface area contributed by atoms with E-state index < -0.39 is 0 Å². The second-order valence-electron chi connectivity index (χ2n) is 3.04. The number of halogens is 2. The summed E-state index contributed by atoms with van der Waals surface area (Å²) in [6.45, 7) is 2.96. The molecule has 78 valence electrons. The van der Waals surface area contributed by atoms with Crippen molar-refractivity contribution in [3.8, 4) is 0 Å². The molecule has 1 atom stereocenters. The van der Waals surface area contributed by atoms with E-state index in [1.54, 1.807) is 0 Å². The molecule has 0 aliphatic carbocycles. The van der Waals surface area contributed by atoms with Gasteiger partial charge in [-0.1, -0.05) is 63.6 Å². The minimum atomic E-state index is 0.214. The summed E-state index contributed by atoms with van der Waals surface area (Å²) in [7, 11) is 0. The lowest BCUT2D eigenvalue weighted by Gasteiger charge is -2.16. The van der Waals surface area contributed by atoms with E-state index in [2.05, 4.69) is 63.6 Å². The first kappa shape index (κ1) is 12.5. The van der Waals surface area contributed by atoms with Gasteiger partial charge in [-0.2, -0.15) is 0 Å². The third-order valence-electron chi connectivity index (χ3n) is 1.92. The molecule has 3 heteroatoms. The quantitative estimate of drug-likeness (QED) is 0.554. The molecule has 1 aromatic carbocycles. The third kappa shape index (κ3) is 3.51. The normalized spacial score (nSPS) is 12.8. The maximum absolute atomic E-state index is 5.77. The first-order chi connectivity index (χ1) is 6.79. The lowest BCUT2D eigenvalue weighted by Crippen LogP contribution is -2.07. The van der Waals surface area contributed by atoms with Crippen LogP contribution in [0.15, 0.2) is 28.7 Å². The second kappa shape index (κ2) is 6.80. The Hall–Kier alpha value is 0.390. The molecule has 0 aliphatic rings. The molecule has 0 aliphatic heterocycles. The van der Waals surface area contributed by atoms with Gasteiger partial charge in [0.25, 0.3) is 0 Å². The Morgan fingerprint density at radius 2 is 2.14 bits per heavy atom. The van der Waals surface area contributed by atoms with E-state index >= 15 is 0 Å². The third-order valence-corrected chi connectivity index (χ3v) is 3.44. The van der Waals surface area contributed by atoms with Gasteiger partial charge in [-0.3, -0.25) is 0 Å². The highest BCUT2D eigenvalue weighted by atomic mass is 127. The Morgan fingerprint density at radius 3 is 2.71 bits per heavy atom. The summed E-state index contributed by atoms with van der Waals surface area (Å²) in [5, 5.41) is 0. The molecule has 1 nitrogen and oxygen atoms in total. The molecular weight excluding hydrogens is 355 g/mol. The van der Waals surface area contributed by atoms with E-state index in [9.17, 15) is 0 Å². The van der Waals surface area contributed by atoms with Gasteiger partial charge in [0.05, 0.1) is 6.10 Å². The maximum Gasteiger partial charge on any atom is 0.0925 e.